The highest BCUT2D eigenvalue weighted by atomic mass is 19.2. The summed E-state index contributed by atoms with van der Waals surface area (Å²) in [6, 6.07) is -0.790. The van der Waals surface area contributed by atoms with Gasteiger partial charge in [-0.3, -0.25) is 0 Å². The summed E-state index contributed by atoms with van der Waals surface area (Å²) in [6.45, 7) is -0.949. The summed E-state index contributed by atoms with van der Waals surface area (Å²) in [5.41, 5.74) is 0. The Morgan fingerprint density at radius 3 is 2.27 bits per heavy atom. The van der Waals surface area contributed by atoms with Crippen LogP contribution >= 0.6 is 0 Å². The second-order valence-corrected chi connectivity index (χ2v) is 2.70. The zero-order valence-corrected chi connectivity index (χ0v) is 6.07. The van der Waals surface area contributed by atoms with E-state index in [1.54, 1.807) is 0 Å². The van der Waals surface area contributed by atoms with E-state index >= 15 is 0 Å². The fourth-order valence-electron chi connectivity index (χ4n) is 1.09. The largest absolute Gasteiger partial charge is 0.390 e. The Labute approximate surface area is 64.0 Å². The molecule has 0 aromatic heterocycles. The van der Waals surface area contributed by atoms with Gasteiger partial charge in [0, 0.05) is 0 Å². The van der Waals surface area contributed by atoms with E-state index in [0.717, 1.165) is 0 Å². The molecule has 0 amide bonds. The zero-order valence-electron chi connectivity index (χ0n) is 6.07. The Balaban J connectivity index is 2.73. The number of rotatable bonds is 1. The molecule has 1 saturated heterocycles. The standard InChI is InChI=1S/C5H10BFO4/c6-4-2(9)3(10)5(7,1-8)11-4/h2-4,8-10H,1,6H2/t2-,3?,4+,5+/m0/s1. The van der Waals surface area contributed by atoms with Gasteiger partial charge >= 0.3 is 0 Å². The van der Waals surface area contributed by atoms with Gasteiger partial charge in [0.2, 0.25) is 0 Å². The lowest BCUT2D eigenvalue weighted by atomic mass is 9.93. The molecule has 11 heavy (non-hydrogen) atoms. The molecule has 64 valence electrons. The minimum atomic E-state index is -2.50. The highest BCUT2D eigenvalue weighted by molar-refractivity contribution is 6.11. The van der Waals surface area contributed by atoms with Crippen molar-refractivity contribution in [3.63, 3.8) is 0 Å². The van der Waals surface area contributed by atoms with Crippen molar-refractivity contribution in [1.82, 2.24) is 0 Å². The van der Waals surface area contributed by atoms with E-state index in [9.17, 15) is 4.39 Å². The molecule has 0 aromatic rings. The van der Waals surface area contributed by atoms with Gasteiger partial charge in [-0.2, -0.15) is 0 Å². The van der Waals surface area contributed by atoms with Crippen LogP contribution in [0.1, 0.15) is 0 Å². The number of alkyl halides is 1. The number of hydrogen-bond donors (Lipinski definition) is 3. The van der Waals surface area contributed by atoms with Crippen LogP contribution in [0.5, 0.6) is 0 Å². The molecule has 0 spiro atoms. The van der Waals surface area contributed by atoms with Crippen LogP contribution in [0.2, 0.25) is 0 Å². The number of ether oxygens (including phenoxy) is 1. The fraction of sp³-hybridized carbons (Fsp3) is 1.00. The second-order valence-electron chi connectivity index (χ2n) is 2.70. The molecule has 1 rings (SSSR count). The Kier molecular flexibility index (Phi) is 2.20. The Bertz CT molecular complexity index is 157. The van der Waals surface area contributed by atoms with E-state index in [4.69, 9.17) is 15.3 Å². The van der Waals surface area contributed by atoms with Crippen LogP contribution in [0.3, 0.4) is 0 Å². The molecule has 1 heterocycles. The van der Waals surface area contributed by atoms with E-state index in [-0.39, 0.29) is 0 Å². The molecular formula is C5H10BFO4. The van der Waals surface area contributed by atoms with Crippen molar-refractivity contribution in [2.45, 2.75) is 24.1 Å². The van der Waals surface area contributed by atoms with Gasteiger partial charge in [-0.25, -0.2) is 4.39 Å². The fourth-order valence-corrected chi connectivity index (χ4v) is 1.09. The van der Waals surface area contributed by atoms with Crippen LogP contribution in [0.25, 0.3) is 0 Å². The van der Waals surface area contributed by atoms with E-state index < -0.39 is 30.7 Å². The molecule has 4 nitrogen and oxygen atoms in total. The molecule has 1 unspecified atom stereocenters. The van der Waals surface area contributed by atoms with Crippen LogP contribution in [0, 0.1) is 0 Å². The molecule has 1 aliphatic rings. The van der Waals surface area contributed by atoms with E-state index in [1.807, 2.05) is 0 Å². The summed E-state index contributed by atoms with van der Waals surface area (Å²) in [5, 5.41) is 26.4. The second kappa shape index (κ2) is 2.71. The minimum absolute atomic E-state index is 0.790. The lowest BCUT2D eigenvalue weighted by molar-refractivity contribution is -0.186. The number of halogens is 1. The smallest absolute Gasteiger partial charge is 0.260 e. The van der Waals surface area contributed by atoms with Crippen molar-refractivity contribution in [2.75, 3.05) is 6.61 Å². The Morgan fingerprint density at radius 2 is 2.09 bits per heavy atom. The molecule has 0 radical (unpaired) electrons. The zero-order chi connectivity index (χ0) is 8.65. The highest BCUT2D eigenvalue weighted by Gasteiger charge is 2.52. The molecule has 0 aliphatic carbocycles. The van der Waals surface area contributed by atoms with Gasteiger partial charge in [0.05, 0.1) is 6.00 Å². The van der Waals surface area contributed by atoms with E-state index in [1.165, 1.54) is 7.85 Å². The summed E-state index contributed by atoms with van der Waals surface area (Å²) in [5.74, 6) is -2.50. The van der Waals surface area contributed by atoms with Crippen molar-refractivity contribution >= 4 is 7.85 Å². The summed E-state index contributed by atoms with van der Waals surface area (Å²) >= 11 is 0. The summed E-state index contributed by atoms with van der Waals surface area (Å²) in [7, 11) is 1.42. The van der Waals surface area contributed by atoms with Crippen molar-refractivity contribution in [2.24, 2.45) is 0 Å². The van der Waals surface area contributed by atoms with Crippen molar-refractivity contribution in [3.8, 4) is 0 Å². The highest BCUT2D eigenvalue weighted by Crippen LogP contribution is 2.30. The molecule has 3 N–H and O–H groups in total. The molecule has 1 fully saturated rings. The van der Waals surface area contributed by atoms with E-state index in [2.05, 4.69) is 4.74 Å². The van der Waals surface area contributed by atoms with Gasteiger partial charge in [-0.1, -0.05) is 0 Å². The topological polar surface area (TPSA) is 69.9 Å². The van der Waals surface area contributed by atoms with Gasteiger partial charge in [-0.15, -0.1) is 0 Å². The number of hydrogen-bond acceptors (Lipinski definition) is 4. The molecule has 0 bridgehead atoms. The third-order valence-corrected chi connectivity index (χ3v) is 1.84. The lowest BCUT2D eigenvalue weighted by Gasteiger charge is -2.19. The van der Waals surface area contributed by atoms with Gasteiger partial charge in [0.25, 0.3) is 5.85 Å². The monoisotopic (exact) mass is 164 g/mol. The molecule has 6 heteroatoms. The minimum Gasteiger partial charge on any atom is -0.390 e. The van der Waals surface area contributed by atoms with Crippen LogP contribution in [0.15, 0.2) is 0 Å². The van der Waals surface area contributed by atoms with Crippen LogP contribution in [-0.4, -0.2) is 53.8 Å². The lowest BCUT2D eigenvalue weighted by Crippen LogP contribution is -2.42. The maximum Gasteiger partial charge on any atom is 0.260 e. The average molecular weight is 164 g/mol. The molecule has 0 aromatic carbocycles. The maximum atomic E-state index is 13.1. The average Bonchev–Trinajstić information content (AvgIpc) is 2.17. The number of aliphatic hydroxyl groups excluding tert-OH is 3. The molecule has 0 saturated carbocycles. The molecule has 4 atom stereocenters. The third-order valence-electron chi connectivity index (χ3n) is 1.84. The summed E-state index contributed by atoms with van der Waals surface area (Å²) in [4.78, 5) is 0. The molecule has 1 aliphatic heterocycles. The third kappa shape index (κ3) is 1.27. The summed E-state index contributed by atoms with van der Waals surface area (Å²) < 4.78 is 17.6. The Hall–Kier alpha value is -0.165. The summed E-state index contributed by atoms with van der Waals surface area (Å²) in [6.07, 6.45) is -2.94. The first-order chi connectivity index (χ1) is 5.01. The predicted octanol–water partition coefficient (Wildman–Crippen LogP) is -2.64. The van der Waals surface area contributed by atoms with Gasteiger partial charge in [-0.05, 0) is 0 Å². The van der Waals surface area contributed by atoms with Crippen molar-refractivity contribution in [1.29, 1.82) is 0 Å². The first-order valence-corrected chi connectivity index (χ1v) is 3.35. The van der Waals surface area contributed by atoms with Crippen molar-refractivity contribution < 1.29 is 24.4 Å². The van der Waals surface area contributed by atoms with Gasteiger partial charge in [0.15, 0.2) is 0 Å². The van der Waals surface area contributed by atoms with Crippen LogP contribution in [-0.2, 0) is 4.74 Å². The van der Waals surface area contributed by atoms with Crippen LogP contribution < -0.4 is 0 Å². The van der Waals surface area contributed by atoms with E-state index in [0.29, 0.717) is 0 Å². The quantitative estimate of drug-likeness (QED) is 0.370. The van der Waals surface area contributed by atoms with Crippen molar-refractivity contribution in [3.05, 3.63) is 0 Å². The van der Waals surface area contributed by atoms with Gasteiger partial charge < -0.3 is 20.1 Å². The van der Waals surface area contributed by atoms with Gasteiger partial charge in [0.1, 0.15) is 26.7 Å². The normalized spacial score (nSPS) is 51.5. The maximum absolute atomic E-state index is 13.1. The first kappa shape index (κ1) is 8.93. The Morgan fingerprint density at radius 1 is 1.55 bits per heavy atom. The molecular weight excluding hydrogens is 154 g/mol. The first-order valence-electron chi connectivity index (χ1n) is 3.35. The predicted molar refractivity (Wildman–Crippen MR) is 36.4 cm³/mol. The SMILES string of the molecule is B[C@@H]1O[C@](F)(CO)C(O)[C@@H]1O. The number of aliphatic hydroxyl groups is 3. The van der Waals surface area contributed by atoms with Crippen LogP contribution in [0.4, 0.5) is 4.39 Å².